The predicted molar refractivity (Wildman–Crippen MR) is 77.0 cm³/mol. The standard InChI is InChI=1S/C17H14N2O/c1-20-12-4-3-11-7-15-14-6-10(9-18)2-5-16(14)19-17(15)13(11)8-12/h2-6,8,15,17,19H,7H2,1H3/t15-,17-/m1/s1. The molecule has 0 saturated carbocycles. The molecule has 98 valence electrons. The molecule has 3 heteroatoms. The van der Waals surface area contributed by atoms with Gasteiger partial charge in [-0.15, -0.1) is 0 Å². The number of hydrogen-bond donors (Lipinski definition) is 1. The first-order valence-corrected chi connectivity index (χ1v) is 6.77. The number of nitrogens with zero attached hydrogens (tertiary/aromatic N) is 1. The van der Waals surface area contributed by atoms with Gasteiger partial charge in [0.25, 0.3) is 0 Å². The van der Waals surface area contributed by atoms with Crippen LogP contribution in [0.1, 0.15) is 34.2 Å². The number of nitrogens with one attached hydrogen (secondary N) is 1. The summed E-state index contributed by atoms with van der Waals surface area (Å²) in [4.78, 5) is 0. The van der Waals surface area contributed by atoms with Crippen LogP contribution in [0.5, 0.6) is 5.75 Å². The highest BCUT2D eigenvalue weighted by atomic mass is 16.5. The molecule has 20 heavy (non-hydrogen) atoms. The second-order valence-corrected chi connectivity index (χ2v) is 5.41. The highest BCUT2D eigenvalue weighted by molar-refractivity contribution is 5.66. The molecule has 0 amide bonds. The molecule has 2 aromatic rings. The maximum atomic E-state index is 9.06. The fourth-order valence-electron chi connectivity index (χ4n) is 3.45. The summed E-state index contributed by atoms with van der Waals surface area (Å²) in [5.74, 6) is 1.33. The molecule has 4 rings (SSSR count). The lowest BCUT2D eigenvalue weighted by Gasteiger charge is -2.12. The van der Waals surface area contributed by atoms with Crippen molar-refractivity contribution in [2.24, 2.45) is 0 Å². The number of fused-ring (bicyclic) bond motifs is 5. The van der Waals surface area contributed by atoms with E-state index >= 15 is 0 Å². The minimum absolute atomic E-state index is 0.309. The van der Waals surface area contributed by atoms with Crippen molar-refractivity contribution >= 4 is 5.69 Å². The summed E-state index contributed by atoms with van der Waals surface area (Å²) >= 11 is 0. The van der Waals surface area contributed by atoms with Gasteiger partial charge in [0.15, 0.2) is 0 Å². The summed E-state index contributed by atoms with van der Waals surface area (Å²) in [5, 5.41) is 12.7. The molecule has 2 aliphatic rings. The molecule has 3 nitrogen and oxygen atoms in total. The second-order valence-electron chi connectivity index (χ2n) is 5.41. The molecular formula is C17H14N2O. The minimum Gasteiger partial charge on any atom is -0.497 e. The van der Waals surface area contributed by atoms with Gasteiger partial charge in [0.2, 0.25) is 0 Å². The van der Waals surface area contributed by atoms with Crippen molar-refractivity contribution in [1.82, 2.24) is 0 Å². The fourth-order valence-corrected chi connectivity index (χ4v) is 3.45. The SMILES string of the molecule is COc1ccc2c(c1)[C@H]1Nc3ccc(C#N)cc3[C@H]1C2. The summed E-state index contributed by atoms with van der Waals surface area (Å²) < 4.78 is 5.33. The lowest BCUT2D eigenvalue weighted by atomic mass is 9.95. The summed E-state index contributed by atoms with van der Waals surface area (Å²) in [6.07, 6.45) is 1.03. The van der Waals surface area contributed by atoms with E-state index < -0.39 is 0 Å². The molecule has 0 aromatic heterocycles. The van der Waals surface area contributed by atoms with Crippen LogP contribution in [0.2, 0.25) is 0 Å². The van der Waals surface area contributed by atoms with Gasteiger partial charge in [0.1, 0.15) is 5.75 Å². The Kier molecular flexibility index (Phi) is 2.28. The summed E-state index contributed by atoms with van der Waals surface area (Å²) in [6, 6.07) is 14.8. The first-order valence-electron chi connectivity index (χ1n) is 6.77. The van der Waals surface area contributed by atoms with Crippen LogP contribution in [0.15, 0.2) is 36.4 Å². The van der Waals surface area contributed by atoms with Crippen LogP contribution in [0.3, 0.4) is 0 Å². The van der Waals surface area contributed by atoms with E-state index in [1.165, 1.54) is 16.7 Å². The van der Waals surface area contributed by atoms with E-state index in [0.717, 1.165) is 23.4 Å². The Hall–Kier alpha value is -2.47. The van der Waals surface area contributed by atoms with Crippen LogP contribution in [0, 0.1) is 11.3 Å². The normalized spacial score (nSPS) is 21.4. The topological polar surface area (TPSA) is 45.0 Å². The van der Waals surface area contributed by atoms with E-state index in [2.05, 4.69) is 23.5 Å². The zero-order chi connectivity index (χ0) is 13.7. The lowest BCUT2D eigenvalue weighted by Crippen LogP contribution is -2.05. The van der Waals surface area contributed by atoms with E-state index in [9.17, 15) is 0 Å². The van der Waals surface area contributed by atoms with Crippen LogP contribution >= 0.6 is 0 Å². The molecule has 0 radical (unpaired) electrons. The molecule has 1 aliphatic heterocycles. The van der Waals surface area contributed by atoms with E-state index in [1.807, 2.05) is 24.3 Å². The fraction of sp³-hybridized carbons (Fsp3) is 0.235. The Bertz CT molecular complexity index is 745. The number of ether oxygens (including phenoxy) is 1. The Morgan fingerprint density at radius 1 is 1.20 bits per heavy atom. The maximum absolute atomic E-state index is 9.06. The molecule has 1 aliphatic carbocycles. The van der Waals surface area contributed by atoms with Gasteiger partial charge in [-0.2, -0.15) is 5.26 Å². The molecule has 0 unspecified atom stereocenters. The number of nitriles is 1. The van der Waals surface area contributed by atoms with Crippen molar-refractivity contribution < 1.29 is 4.74 Å². The molecule has 2 atom stereocenters. The van der Waals surface area contributed by atoms with Crippen molar-refractivity contribution in [2.45, 2.75) is 18.4 Å². The molecule has 1 N–H and O–H groups in total. The van der Waals surface area contributed by atoms with Crippen molar-refractivity contribution in [3.8, 4) is 11.8 Å². The average molecular weight is 262 g/mol. The second kappa shape index (κ2) is 4.01. The van der Waals surface area contributed by atoms with E-state index in [-0.39, 0.29) is 0 Å². The van der Waals surface area contributed by atoms with Gasteiger partial charge in [-0.3, -0.25) is 0 Å². The summed E-state index contributed by atoms with van der Waals surface area (Å²) in [6.45, 7) is 0. The molecule has 0 fully saturated rings. The maximum Gasteiger partial charge on any atom is 0.119 e. The van der Waals surface area contributed by atoms with Gasteiger partial charge in [0, 0.05) is 11.6 Å². The Morgan fingerprint density at radius 2 is 2.10 bits per heavy atom. The average Bonchev–Trinajstić information content (AvgIpc) is 3.02. The smallest absolute Gasteiger partial charge is 0.119 e. The largest absolute Gasteiger partial charge is 0.497 e. The van der Waals surface area contributed by atoms with Gasteiger partial charge in [-0.1, -0.05) is 6.07 Å². The monoisotopic (exact) mass is 262 g/mol. The van der Waals surface area contributed by atoms with Crippen molar-refractivity contribution in [2.75, 3.05) is 12.4 Å². The Labute approximate surface area is 117 Å². The summed E-state index contributed by atoms with van der Waals surface area (Å²) in [5.41, 5.74) is 5.86. The first kappa shape index (κ1) is 11.4. The first-order chi connectivity index (χ1) is 9.80. The third-order valence-corrected chi connectivity index (χ3v) is 4.42. The van der Waals surface area contributed by atoms with Crippen molar-refractivity contribution in [3.05, 3.63) is 58.7 Å². The van der Waals surface area contributed by atoms with Crippen LogP contribution in [0.25, 0.3) is 0 Å². The van der Waals surface area contributed by atoms with Gasteiger partial charge < -0.3 is 10.1 Å². The zero-order valence-electron chi connectivity index (χ0n) is 11.2. The van der Waals surface area contributed by atoms with Crippen LogP contribution in [-0.2, 0) is 6.42 Å². The molecule has 0 spiro atoms. The minimum atomic E-state index is 0.309. The highest BCUT2D eigenvalue weighted by Gasteiger charge is 2.39. The number of methoxy groups -OCH3 is 1. The molecule has 0 saturated heterocycles. The van der Waals surface area contributed by atoms with E-state index in [1.54, 1.807) is 7.11 Å². The van der Waals surface area contributed by atoms with Crippen molar-refractivity contribution in [1.29, 1.82) is 5.26 Å². The number of hydrogen-bond acceptors (Lipinski definition) is 3. The molecular weight excluding hydrogens is 248 g/mol. The predicted octanol–water partition coefficient (Wildman–Crippen LogP) is 3.37. The van der Waals surface area contributed by atoms with Gasteiger partial charge in [0.05, 0.1) is 24.8 Å². The Balaban J connectivity index is 1.79. The third kappa shape index (κ3) is 1.45. The summed E-state index contributed by atoms with van der Waals surface area (Å²) in [7, 11) is 1.70. The van der Waals surface area contributed by atoms with Crippen molar-refractivity contribution in [3.63, 3.8) is 0 Å². The lowest BCUT2D eigenvalue weighted by molar-refractivity contribution is 0.414. The quantitative estimate of drug-likeness (QED) is 0.857. The molecule has 0 bridgehead atoms. The Morgan fingerprint density at radius 3 is 2.90 bits per heavy atom. The zero-order valence-corrected chi connectivity index (χ0v) is 11.2. The van der Waals surface area contributed by atoms with E-state index in [4.69, 9.17) is 10.00 Å². The van der Waals surface area contributed by atoms with Gasteiger partial charge >= 0.3 is 0 Å². The molecule has 1 heterocycles. The van der Waals surface area contributed by atoms with Gasteiger partial charge in [-0.05, 0) is 53.4 Å². The third-order valence-electron chi connectivity index (χ3n) is 4.42. The van der Waals surface area contributed by atoms with E-state index in [0.29, 0.717) is 12.0 Å². The number of anilines is 1. The highest BCUT2D eigenvalue weighted by Crippen LogP contribution is 2.52. The molecule has 2 aromatic carbocycles. The van der Waals surface area contributed by atoms with Gasteiger partial charge in [-0.25, -0.2) is 0 Å². The number of benzene rings is 2. The number of rotatable bonds is 1. The van der Waals surface area contributed by atoms with Crippen LogP contribution in [0.4, 0.5) is 5.69 Å². The van der Waals surface area contributed by atoms with Crippen LogP contribution < -0.4 is 10.1 Å². The van der Waals surface area contributed by atoms with Crippen LogP contribution in [-0.4, -0.2) is 7.11 Å².